The second kappa shape index (κ2) is 6.10. The van der Waals surface area contributed by atoms with Gasteiger partial charge in [-0.2, -0.15) is 5.01 Å². The number of hydrogen-bond acceptors (Lipinski definition) is 5. The van der Waals surface area contributed by atoms with E-state index < -0.39 is 29.7 Å². The molecule has 1 aliphatic rings. The first kappa shape index (κ1) is 14.1. The lowest BCUT2D eigenvalue weighted by atomic mass is 10.2. The number of nitrogens with zero attached hydrogens (tertiary/aromatic N) is 1. The first-order chi connectivity index (χ1) is 8.41. The Morgan fingerprint density at radius 3 is 2.44 bits per heavy atom. The minimum Gasteiger partial charge on any atom is -0.383 e. The fourth-order valence-corrected chi connectivity index (χ4v) is 1.50. The lowest BCUT2D eigenvalue weighted by Gasteiger charge is -2.14. The van der Waals surface area contributed by atoms with Crippen molar-refractivity contribution in [2.24, 2.45) is 5.73 Å². The third-order valence-corrected chi connectivity index (χ3v) is 2.44. The number of nitrogens with one attached hydrogen (secondary N) is 1. The van der Waals surface area contributed by atoms with Crippen molar-refractivity contribution in [2.45, 2.75) is 38.2 Å². The monoisotopic (exact) mass is 257 g/mol. The maximum absolute atomic E-state index is 11.4. The Hall–Kier alpha value is -1.96. The second-order valence-corrected chi connectivity index (χ2v) is 4.00. The fraction of sp³-hybridized carbons (Fsp3) is 0.600. The van der Waals surface area contributed by atoms with Crippen molar-refractivity contribution in [2.75, 3.05) is 0 Å². The molecule has 4 amide bonds. The summed E-state index contributed by atoms with van der Waals surface area (Å²) in [5.74, 6) is -2.43. The van der Waals surface area contributed by atoms with Gasteiger partial charge in [0.2, 0.25) is 11.8 Å². The van der Waals surface area contributed by atoms with Gasteiger partial charge in [0.1, 0.15) is 6.10 Å². The molecule has 1 rings (SSSR count). The van der Waals surface area contributed by atoms with Gasteiger partial charge in [0.25, 0.3) is 11.8 Å². The van der Waals surface area contributed by atoms with Crippen LogP contribution in [0.4, 0.5) is 0 Å². The van der Waals surface area contributed by atoms with Crippen molar-refractivity contribution < 1.29 is 24.3 Å². The standard InChI is InChI=1S/C10H15N3O5/c11-7(15)3-1-2-4-8(16)12-13-9(17)5-6(14)10(13)18/h6,14H,1-5H2,(H2,11,15)(H,12,16). The van der Waals surface area contributed by atoms with Crippen molar-refractivity contribution in [1.82, 2.24) is 10.4 Å². The largest absolute Gasteiger partial charge is 0.383 e. The normalized spacial score (nSPS) is 19.2. The molecule has 8 nitrogen and oxygen atoms in total. The maximum Gasteiger partial charge on any atom is 0.277 e. The summed E-state index contributed by atoms with van der Waals surface area (Å²) in [5.41, 5.74) is 7.04. The van der Waals surface area contributed by atoms with E-state index in [1.54, 1.807) is 0 Å². The van der Waals surface area contributed by atoms with Crippen LogP contribution in [0.3, 0.4) is 0 Å². The minimum atomic E-state index is -1.38. The van der Waals surface area contributed by atoms with Crippen LogP contribution >= 0.6 is 0 Å². The number of imide groups is 1. The zero-order valence-electron chi connectivity index (χ0n) is 9.72. The average molecular weight is 257 g/mol. The number of carbonyl (C=O) groups excluding carboxylic acids is 4. The molecule has 0 aromatic carbocycles. The quantitative estimate of drug-likeness (QED) is 0.381. The topological polar surface area (TPSA) is 130 Å². The first-order valence-electron chi connectivity index (χ1n) is 5.54. The molecule has 100 valence electrons. The van der Waals surface area contributed by atoms with Gasteiger partial charge < -0.3 is 10.8 Å². The summed E-state index contributed by atoms with van der Waals surface area (Å²) >= 11 is 0. The smallest absolute Gasteiger partial charge is 0.277 e. The Kier molecular flexibility index (Phi) is 4.78. The van der Waals surface area contributed by atoms with Gasteiger partial charge in [-0.1, -0.05) is 0 Å². The number of primary amides is 1. The van der Waals surface area contributed by atoms with Crippen LogP contribution in [0, 0.1) is 0 Å². The van der Waals surface area contributed by atoms with Crippen LogP contribution in [0.25, 0.3) is 0 Å². The molecule has 0 bridgehead atoms. The molecule has 0 aromatic rings. The predicted octanol–water partition coefficient (Wildman–Crippen LogP) is -1.82. The highest BCUT2D eigenvalue weighted by Gasteiger charge is 2.38. The van der Waals surface area contributed by atoms with Gasteiger partial charge in [-0.3, -0.25) is 24.6 Å². The molecule has 4 N–H and O–H groups in total. The van der Waals surface area contributed by atoms with Gasteiger partial charge in [-0.05, 0) is 12.8 Å². The van der Waals surface area contributed by atoms with Gasteiger partial charge in [-0.15, -0.1) is 0 Å². The van der Waals surface area contributed by atoms with Gasteiger partial charge in [0.15, 0.2) is 0 Å². The average Bonchev–Trinajstić information content (AvgIpc) is 2.51. The van der Waals surface area contributed by atoms with E-state index in [0.29, 0.717) is 17.9 Å². The molecule has 0 spiro atoms. The summed E-state index contributed by atoms with van der Waals surface area (Å²) in [6.45, 7) is 0. The molecule has 0 saturated carbocycles. The highest BCUT2D eigenvalue weighted by molar-refractivity contribution is 6.05. The van der Waals surface area contributed by atoms with Crippen molar-refractivity contribution in [1.29, 1.82) is 0 Å². The molecule has 1 heterocycles. The van der Waals surface area contributed by atoms with Crippen LogP contribution in [0.2, 0.25) is 0 Å². The van der Waals surface area contributed by atoms with Gasteiger partial charge in [-0.25, -0.2) is 0 Å². The number of carbonyl (C=O) groups is 4. The fourth-order valence-electron chi connectivity index (χ4n) is 1.50. The molecule has 1 aliphatic heterocycles. The molecule has 1 saturated heterocycles. The number of aliphatic hydroxyl groups is 1. The Morgan fingerprint density at radius 2 is 1.94 bits per heavy atom. The highest BCUT2D eigenvalue weighted by Crippen LogP contribution is 2.10. The van der Waals surface area contributed by atoms with E-state index in [9.17, 15) is 19.2 Å². The molecule has 1 fully saturated rings. The van der Waals surface area contributed by atoms with Crippen molar-refractivity contribution in [3.05, 3.63) is 0 Å². The third kappa shape index (κ3) is 3.81. The van der Waals surface area contributed by atoms with Crippen molar-refractivity contribution >= 4 is 23.6 Å². The number of hydrogen-bond donors (Lipinski definition) is 3. The number of amides is 4. The first-order valence-corrected chi connectivity index (χ1v) is 5.54. The van der Waals surface area contributed by atoms with E-state index in [0.717, 1.165) is 0 Å². The van der Waals surface area contributed by atoms with Gasteiger partial charge in [0.05, 0.1) is 6.42 Å². The zero-order valence-corrected chi connectivity index (χ0v) is 9.72. The number of rotatable bonds is 6. The van der Waals surface area contributed by atoms with E-state index in [-0.39, 0.29) is 19.3 Å². The summed E-state index contributed by atoms with van der Waals surface area (Å²) in [7, 11) is 0. The summed E-state index contributed by atoms with van der Waals surface area (Å²) in [6.07, 6.45) is -0.553. The lowest BCUT2D eigenvalue weighted by molar-refractivity contribution is -0.149. The molecule has 1 unspecified atom stereocenters. The van der Waals surface area contributed by atoms with Gasteiger partial charge in [0, 0.05) is 12.8 Å². The third-order valence-electron chi connectivity index (χ3n) is 2.44. The van der Waals surface area contributed by atoms with Crippen molar-refractivity contribution in [3.8, 4) is 0 Å². The van der Waals surface area contributed by atoms with Crippen molar-refractivity contribution in [3.63, 3.8) is 0 Å². The Balaban J connectivity index is 2.30. The maximum atomic E-state index is 11.4. The summed E-state index contributed by atoms with van der Waals surface area (Å²) in [5, 5.41) is 9.64. The van der Waals surface area contributed by atoms with Gasteiger partial charge >= 0.3 is 0 Å². The number of nitrogens with two attached hydrogens (primary N) is 1. The van der Waals surface area contributed by atoms with Crippen LogP contribution in [0.15, 0.2) is 0 Å². The zero-order chi connectivity index (χ0) is 13.7. The highest BCUT2D eigenvalue weighted by atomic mass is 16.3. The Labute approximate surface area is 103 Å². The SMILES string of the molecule is NC(=O)CCCCC(=O)NN1C(=O)CC(O)C1=O. The number of hydrazine groups is 1. The molecule has 0 aromatic heterocycles. The van der Waals surface area contributed by atoms with E-state index in [2.05, 4.69) is 5.43 Å². The molecule has 8 heteroatoms. The Morgan fingerprint density at radius 1 is 1.33 bits per heavy atom. The lowest BCUT2D eigenvalue weighted by Crippen LogP contribution is -2.46. The molecular weight excluding hydrogens is 242 g/mol. The van der Waals surface area contributed by atoms with E-state index in [1.165, 1.54) is 0 Å². The molecule has 0 aliphatic carbocycles. The summed E-state index contributed by atoms with van der Waals surface area (Å²) < 4.78 is 0. The molecule has 18 heavy (non-hydrogen) atoms. The summed E-state index contributed by atoms with van der Waals surface area (Å²) in [4.78, 5) is 44.3. The molecular formula is C10H15N3O5. The van der Waals surface area contributed by atoms with Crippen LogP contribution in [0.5, 0.6) is 0 Å². The summed E-state index contributed by atoms with van der Waals surface area (Å²) in [6, 6.07) is 0. The molecule has 0 radical (unpaired) electrons. The van der Waals surface area contributed by atoms with Crippen LogP contribution in [-0.2, 0) is 19.2 Å². The van der Waals surface area contributed by atoms with E-state index in [4.69, 9.17) is 10.8 Å². The number of unbranched alkanes of at least 4 members (excludes halogenated alkanes) is 1. The number of aliphatic hydroxyl groups excluding tert-OH is 1. The van der Waals surface area contributed by atoms with Crippen LogP contribution in [0.1, 0.15) is 32.1 Å². The molecule has 1 atom stereocenters. The minimum absolute atomic E-state index is 0.0699. The van der Waals surface area contributed by atoms with E-state index >= 15 is 0 Å². The van der Waals surface area contributed by atoms with E-state index in [1.807, 2.05) is 0 Å². The second-order valence-electron chi connectivity index (χ2n) is 4.00. The van der Waals surface area contributed by atoms with Crippen LogP contribution in [-0.4, -0.2) is 39.8 Å². The van der Waals surface area contributed by atoms with Crippen LogP contribution < -0.4 is 11.2 Å². The predicted molar refractivity (Wildman–Crippen MR) is 58.3 cm³/mol. The Bertz CT molecular complexity index is 382.